The molecule has 0 aromatic heterocycles. The molecule has 0 radical (unpaired) electrons. The monoisotopic (exact) mass is 318 g/mol. The summed E-state index contributed by atoms with van der Waals surface area (Å²) in [7, 11) is 0. The van der Waals surface area contributed by atoms with Gasteiger partial charge < -0.3 is 10.6 Å². The van der Waals surface area contributed by atoms with Crippen molar-refractivity contribution in [2.24, 2.45) is 0 Å². The van der Waals surface area contributed by atoms with Crippen LogP contribution in [0.15, 0.2) is 28.7 Å². The van der Waals surface area contributed by atoms with Crippen LogP contribution in [0.3, 0.4) is 0 Å². The van der Waals surface area contributed by atoms with Gasteiger partial charge in [0.1, 0.15) is 5.88 Å². The molecule has 17 heavy (non-hydrogen) atoms. The highest BCUT2D eigenvalue weighted by molar-refractivity contribution is 9.10. The van der Waals surface area contributed by atoms with Crippen molar-refractivity contribution >= 4 is 39.3 Å². The van der Waals surface area contributed by atoms with Gasteiger partial charge in [-0.15, -0.1) is 11.6 Å². The van der Waals surface area contributed by atoms with E-state index >= 15 is 0 Å². The SMILES string of the molecule is O=C(CCl)NCCNC(=O)c1ccc(Br)cc1. The Balaban J connectivity index is 2.30. The highest BCUT2D eigenvalue weighted by atomic mass is 79.9. The standard InChI is InChI=1S/C11H12BrClN2O2/c12-9-3-1-8(2-4-9)11(17)15-6-5-14-10(16)7-13/h1-4H,5-7H2,(H,14,16)(H,15,17). The Kier molecular flexibility index (Phi) is 6.00. The smallest absolute Gasteiger partial charge is 0.251 e. The van der Waals surface area contributed by atoms with E-state index in [-0.39, 0.29) is 17.7 Å². The maximum atomic E-state index is 11.6. The van der Waals surface area contributed by atoms with Crippen molar-refractivity contribution in [1.82, 2.24) is 10.6 Å². The van der Waals surface area contributed by atoms with Gasteiger partial charge in [-0.2, -0.15) is 0 Å². The first kappa shape index (κ1) is 14.0. The van der Waals surface area contributed by atoms with Crippen LogP contribution in [-0.2, 0) is 4.79 Å². The Morgan fingerprint density at radius 2 is 1.71 bits per heavy atom. The first-order valence-electron chi connectivity index (χ1n) is 5.00. The van der Waals surface area contributed by atoms with Gasteiger partial charge in [0.05, 0.1) is 0 Å². The quantitative estimate of drug-likeness (QED) is 0.639. The Bertz CT molecular complexity index is 395. The third-order valence-corrected chi connectivity index (χ3v) is 2.73. The van der Waals surface area contributed by atoms with Crippen molar-refractivity contribution in [3.63, 3.8) is 0 Å². The van der Waals surface area contributed by atoms with Gasteiger partial charge in [0, 0.05) is 23.1 Å². The van der Waals surface area contributed by atoms with Gasteiger partial charge in [-0.1, -0.05) is 15.9 Å². The number of alkyl halides is 1. The van der Waals surface area contributed by atoms with Crippen molar-refractivity contribution in [3.05, 3.63) is 34.3 Å². The average Bonchev–Trinajstić information content (AvgIpc) is 2.34. The van der Waals surface area contributed by atoms with Gasteiger partial charge in [-0.25, -0.2) is 0 Å². The van der Waals surface area contributed by atoms with E-state index in [1.807, 2.05) is 0 Å². The number of carbonyl (C=O) groups excluding carboxylic acids is 2. The normalized spacial score (nSPS) is 9.76. The lowest BCUT2D eigenvalue weighted by Crippen LogP contribution is -2.35. The second-order valence-electron chi connectivity index (χ2n) is 3.25. The molecule has 0 fully saturated rings. The number of amides is 2. The molecule has 92 valence electrons. The molecule has 0 heterocycles. The Morgan fingerprint density at radius 1 is 1.12 bits per heavy atom. The zero-order chi connectivity index (χ0) is 12.7. The molecular weight excluding hydrogens is 307 g/mol. The molecule has 0 spiro atoms. The van der Waals surface area contributed by atoms with E-state index in [1.54, 1.807) is 24.3 Å². The number of rotatable bonds is 5. The van der Waals surface area contributed by atoms with E-state index in [4.69, 9.17) is 11.6 Å². The first-order chi connectivity index (χ1) is 8.13. The van der Waals surface area contributed by atoms with Crippen molar-refractivity contribution in [2.75, 3.05) is 19.0 Å². The second-order valence-corrected chi connectivity index (χ2v) is 4.43. The molecule has 1 rings (SSSR count). The number of hydrogen-bond donors (Lipinski definition) is 2. The van der Waals surface area contributed by atoms with Gasteiger partial charge in [0.2, 0.25) is 5.91 Å². The number of nitrogens with one attached hydrogen (secondary N) is 2. The van der Waals surface area contributed by atoms with Crippen LogP contribution in [0.2, 0.25) is 0 Å². The number of carbonyl (C=O) groups is 2. The van der Waals surface area contributed by atoms with Crippen LogP contribution in [0, 0.1) is 0 Å². The molecule has 0 saturated heterocycles. The van der Waals surface area contributed by atoms with Crippen molar-refractivity contribution in [3.8, 4) is 0 Å². The van der Waals surface area contributed by atoms with Crippen molar-refractivity contribution in [1.29, 1.82) is 0 Å². The summed E-state index contributed by atoms with van der Waals surface area (Å²) in [4.78, 5) is 22.4. The molecule has 0 aliphatic carbocycles. The number of hydrogen-bond acceptors (Lipinski definition) is 2. The molecule has 4 nitrogen and oxygen atoms in total. The topological polar surface area (TPSA) is 58.2 Å². The van der Waals surface area contributed by atoms with Gasteiger partial charge >= 0.3 is 0 Å². The molecule has 1 aromatic rings. The molecule has 0 aliphatic heterocycles. The van der Waals surface area contributed by atoms with Gasteiger partial charge in [-0.3, -0.25) is 9.59 Å². The highest BCUT2D eigenvalue weighted by Gasteiger charge is 2.04. The van der Waals surface area contributed by atoms with Crippen LogP contribution in [-0.4, -0.2) is 30.8 Å². The van der Waals surface area contributed by atoms with E-state index in [1.165, 1.54) is 0 Å². The van der Waals surface area contributed by atoms with Gasteiger partial charge in [-0.05, 0) is 24.3 Å². The molecular formula is C11H12BrClN2O2. The maximum absolute atomic E-state index is 11.6. The summed E-state index contributed by atoms with van der Waals surface area (Å²) in [5, 5.41) is 5.24. The van der Waals surface area contributed by atoms with Gasteiger partial charge in [0.25, 0.3) is 5.91 Å². The highest BCUT2D eigenvalue weighted by Crippen LogP contribution is 2.10. The lowest BCUT2D eigenvalue weighted by molar-refractivity contribution is -0.118. The second kappa shape index (κ2) is 7.29. The molecule has 1 aromatic carbocycles. The third kappa shape index (κ3) is 5.19. The van der Waals surface area contributed by atoms with E-state index in [0.29, 0.717) is 18.7 Å². The Morgan fingerprint density at radius 3 is 2.29 bits per heavy atom. The molecule has 0 aliphatic rings. The van der Waals surface area contributed by atoms with Crippen LogP contribution in [0.25, 0.3) is 0 Å². The molecule has 6 heteroatoms. The summed E-state index contributed by atoms with van der Waals surface area (Å²) in [6.07, 6.45) is 0. The zero-order valence-electron chi connectivity index (χ0n) is 9.00. The lowest BCUT2D eigenvalue weighted by atomic mass is 10.2. The maximum Gasteiger partial charge on any atom is 0.251 e. The lowest BCUT2D eigenvalue weighted by Gasteiger charge is -2.06. The minimum atomic E-state index is -0.246. The largest absolute Gasteiger partial charge is 0.353 e. The summed E-state index contributed by atoms with van der Waals surface area (Å²) >= 11 is 8.59. The summed E-state index contributed by atoms with van der Waals surface area (Å²) in [6.45, 7) is 0.741. The van der Waals surface area contributed by atoms with Crippen molar-refractivity contribution < 1.29 is 9.59 Å². The predicted molar refractivity (Wildman–Crippen MR) is 70.2 cm³/mol. The fourth-order valence-corrected chi connectivity index (χ4v) is 1.49. The minimum absolute atomic E-state index is 0.0688. The molecule has 0 saturated carbocycles. The van der Waals surface area contributed by atoms with Crippen LogP contribution in [0.1, 0.15) is 10.4 Å². The van der Waals surface area contributed by atoms with Crippen LogP contribution in [0.5, 0.6) is 0 Å². The molecule has 0 bridgehead atoms. The van der Waals surface area contributed by atoms with Crippen LogP contribution >= 0.6 is 27.5 Å². The fourth-order valence-electron chi connectivity index (χ4n) is 1.13. The summed E-state index contributed by atoms with van der Waals surface area (Å²) in [6, 6.07) is 7.03. The minimum Gasteiger partial charge on any atom is -0.353 e. The molecule has 2 N–H and O–H groups in total. The fraction of sp³-hybridized carbons (Fsp3) is 0.273. The summed E-state index contributed by atoms with van der Waals surface area (Å²) in [5.41, 5.74) is 0.580. The first-order valence-corrected chi connectivity index (χ1v) is 6.32. The van der Waals surface area contributed by atoms with Crippen molar-refractivity contribution in [2.45, 2.75) is 0 Å². The zero-order valence-corrected chi connectivity index (χ0v) is 11.3. The number of halogens is 2. The van der Waals surface area contributed by atoms with E-state index in [9.17, 15) is 9.59 Å². The predicted octanol–water partition coefficient (Wildman–Crippen LogP) is 1.53. The van der Waals surface area contributed by atoms with Crippen LogP contribution < -0.4 is 10.6 Å². The average molecular weight is 320 g/mol. The summed E-state index contributed by atoms with van der Waals surface area (Å²) in [5.74, 6) is -0.483. The van der Waals surface area contributed by atoms with Gasteiger partial charge in [0.15, 0.2) is 0 Å². The summed E-state index contributed by atoms with van der Waals surface area (Å²) < 4.78 is 0.920. The Hall–Kier alpha value is -1.07. The van der Waals surface area contributed by atoms with E-state index < -0.39 is 0 Å². The van der Waals surface area contributed by atoms with E-state index in [0.717, 1.165) is 4.47 Å². The Labute approximate surface area is 113 Å². The van der Waals surface area contributed by atoms with Crippen LogP contribution in [0.4, 0.5) is 0 Å². The molecule has 2 amide bonds. The van der Waals surface area contributed by atoms with E-state index in [2.05, 4.69) is 26.6 Å². The third-order valence-electron chi connectivity index (χ3n) is 1.96. The number of benzene rings is 1. The molecule has 0 unspecified atom stereocenters. The molecule has 0 atom stereocenters.